The Morgan fingerprint density at radius 2 is 1.10 bits per heavy atom. The van der Waals surface area contributed by atoms with Crippen molar-refractivity contribution in [1.29, 1.82) is 0 Å². The number of furan rings is 1. The molecule has 9 aromatic rings. The lowest BCUT2D eigenvalue weighted by Crippen LogP contribution is -2.74. The third-order valence-corrected chi connectivity index (χ3v) is 19.4. The summed E-state index contributed by atoms with van der Waals surface area (Å²) >= 11 is 0. The molecule has 4 heteroatoms. The molecule has 0 saturated heterocycles. The molecule has 0 amide bonds. The van der Waals surface area contributed by atoms with Crippen molar-refractivity contribution in [2.45, 2.75) is 38.1 Å². The van der Waals surface area contributed by atoms with Crippen molar-refractivity contribution in [1.82, 2.24) is 0 Å². The minimum absolute atomic E-state index is 0.0516. The molecule has 0 bridgehead atoms. The molecular formula is C64H52N2OSi. The lowest BCUT2D eigenvalue weighted by atomic mass is 9.77. The minimum Gasteiger partial charge on any atom is -0.456 e. The maximum absolute atomic E-state index is 6.52. The molecule has 1 unspecified atom stereocenters. The van der Waals surface area contributed by atoms with Crippen LogP contribution >= 0.6 is 0 Å². The van der Waals surface area contributed by atoms with Crippen molar-refractivity contribution in [3.8, 4) is 0 Å². The molecule has 8 aromatic carbocycles. The summed E-state index contributed by atoms with van der Waals surface area (Å²) in [5, 5.41) is 6.49. The second kappa shape index (κ2) is 17.1. The van der Waals surface area contributed by atoms with Crippen molar-refractivity contribution in [2.75, 3.05) is 9.80 Å². The van der Waals surface area contributed by atoms with Crippen LogP contribution in [0.15, 0.2) is 253 Å². The number of fused-ring (bicyclic) bond motifs is 5. The van der Waals surface area contributed by atoms with E-state index < -0.39 is 8.07 Å². The van der Waals surface area contributed by atoms with E-state index in [2.05, 4.69) is 272 Å². The molecule has 12 rings (SSSR count). The third-order valence-electron chi connectivity index (χ3n) is 14.7. The van der Waals surface area contributed by atoms with Crippen molar-refractivity contribution in [3.05, 3.63) is 271 Å². The molecule has 3 nitrogen and oxygen atoms in total. The number of hydrogen-bond acceptors (Lipinski definition) is 3. The zero-order valence-corrected chi connectivity index (χ0v) is 39.5. The molecular weight excluding hydrogens is 841 g/mol. The molecule has 1 heterocycles. The molecule has 3 aliphatic carbocycles. The summed E-state index contributed by atoms with van der Waals surface area (Å²) in [7, 11) is -2.98. The number of allylic oxidation sites excluding steroid dienone is 5. The van der Waals surface area contributed by atoms with Crippen LogP contribution in [0.1, 0.15) is 42.7 Å². The normalized spacial score (nSPS) is 15.7. The SMILES string of the molecule is CC1(C)C2=C(C=CC(N(c3ccccc3)c3cccc([Si](c4ccccc4)(c4ccccc4)c4ccc(N(c5ccccc5)c5ccc6c7c(oc6c5)C=CC=CC7)cc4)c3)C2)c2ccccc21. The Labute approximate surface area is 401 Å². The smallest absolute Gasteiger partial charge is 0.179 e. The number of benzene rings is 8. The van der Waals surface area contributed by atoms with Crippen LogP contribution in [-0.4, -0.2) is 14.1 Å². The lowest BCUT2D eigenvalue weighted by Gasteiger charge is -2.39. The summed E-state index contributed by atoms with van der Waals surface area (Å²) in [6.07, 6.45) is 15.1. The molecule has 1 atom stereocenters. The van der Waals surface area contributed by atoms with Gasteiger partial charge in [-0.25, -0.2) is 0 Å². The topological polar surface area (TPSA) is 19.6 Å². The average Bonchev–Trinajstić information content (AvgIpc) is 3.73. The fraction of sp³-hybridized carbons (Fsp3) is 0.0938. The van der Waals surface area contributed by atoms with E-state index >= 15 is 0 Å². The van der Waals surface area contributed by atoms with E-state index in [0.29, 0.717) is 0 Å². The minimum atomic E-state index is -2.98. The molecule has 0 radical (unpaired) electrons. The third kappa shape index (κ3) is 6.94. The number of hydrogen-bond donors (Lipinski definition) is 0. The van der Waals surface area contributed by atoms with Crippen LogP contribution in [0.25, 0.3) is 22.6 Å². The summed E-state index contributed by atoms with van der Waals surface area (Å²) in [4.78, 5) is 4.93. The highest BCUT2D eigenvalue weighted by molar-refractivity contribution is 7.20. The van der Waals surface area contributed by atoms with Gasteiger partial charge in [-0.3, -0.25) is 0 Å². The Balaban J connectivity index is 1.000. The summed E-state index contributed by atoms with van der Waals surface area (Å²) in [5.41, 5.74) is 13.4. The van der Waals surface area contributed by atoms with Gasteiger partial charge in [0.1, 0.15) is 11.3 Å². The fourth-order valence-corrected chi connectivity index (χ4v) is 16.2. The molecule has 1 aromatic heterocycles. The van der Waals surface area contributed by atoms with Crippen LogP contribution in [0.5, 0.6) is 0 Å². The quantitative estimate of drug-likeness (QED) is 0.101. The van der Waals surface area contributed by atoms with Crippen LogP contribution in [0.4, 0.5) is 28.4 Å². The van der Waals surface area contributed by atoms with Gasteiger partial charge in [-0.05, 0) is 123 Å². The standard InChI is InChI=1S/C64H52N2OSi/c1-64(2)60-33-19-18-31-56(60)57-41-37-50(44-61(57)64)66(47-23-10-4-11-24-47)49-25-20-30-55(43-49)68(52-26-12-5-13-27-52,53-28-14-6-15-29-53)54-39-35-48(36-40-54)65(46-21-8-3-9-22-46)51-38-42-59-58-32-16-7-17-34-62(58)67-63(59)45-51/h3-31,33-43,45,50H,32,44H2,1-2H3. The van der Waals surface area contributed by atoms with Gasteiger partial charge in [0.25, 0.3) is 0 Å². The second-order valence-corrected chi connectivity index (χ2v) is 22.6. The Kier molecular flexibility index (Phi) is 10.4. The van der Waals surface area contributed by atoms with Crippen molar-refractivity contribution in [3.63, 3.8) is 0 Å². The zero-order chi connectivity index (χ0) is 45.7. The summed E-state index contributed by atoms with van der Waals surface area (Å²) in [6.45, 7) is 4.81. The predicted octanol–water partition coefficient (Wildman–Crippen LogP) is 13.6. The van der Waals surface area contributed by atoms with Gasteiger partial charge in [0.05, 0.1) is 6.04 Å². The van der Waals surface area contributed by atoms with Crippen LogP contribution in [-0.2, 0) is 11.8 Å². The summed E-state index contributed by atoms with van der Waals surface area (Å²) in [5.74, 6) is 0.933. The number of rotatable bonds is 10. The van der Waals surface area contributed by atoms with E-state index in [9.17, 15) is 0 Å². The lowest BCUT2D eigenvalue weighted by molar-refractivity contribution is 0.585. The Morgan fingerprint density at radius 3 is 1.82 bits per heavy atom. The summed E-state index contributed by atoms with van der Waals surface area (Å²) in [6, 6.07) is 79.0. The second-order valence-electron chi connectivity index (χ2n) is 18.8. The average molecular weight is 893 g/mol. The first kappa shape index (κ1) is 41.5. The highest BCUT2D eigenvalue weighted by Gasteiger charge is 2.43. The van der Waals surface area contributed by atoms with Crippen LogP contribution in [0.2, 0.25) is 0 Å². The van der Waals surface area contributed by atoms with E-state index in [4.69, 9.17) is 4.42 Å². The first-order valence-corrected chi connectivity index (χ1v) is 25.9. The molecule has 0 N–H and O–H groups in total. The van der Waals surface area contributed by atoms with Gasteiger partial charge in [-0.1, -0.05) is 190 Å². The van der Waals surface area contributed by atoms with E-state index in [1.165, 1.54) is 60.0 Å². The van der Waals surface area contributed by atoms with Gasteiger partial charge in [0, 0.05) is 50.9 Å². The van der Waals surface area contributed by atoms with E-state index in [1.54, 1.807) is 0 Å². The Morgan fingerprint density at radius 1 is 0.515 bits per heavy atom. The predicted molar refractivity (Wildman–Crippen MR) is 289 cm³/mol. The van der Waals surface area contributed by atoms with Gasteiger partial charge >= 0.3 is 0 Å². The van der Waals surface area contributed by atoms with Crippen molar-refractivity contribution >= 4 is 79.9 Å². The Bertz CT molecular complexity index is 3380. The molecule has 0 aliphatic heterocycles. The molecule has 0 saturated carbocycles. The van der Waals surface area contributed by atoms with Crippen LogP contribution < -0.4 is 30.5 Å². The fourth-order valence-electron chi connectivity index (χ4n) is 11.5. The molecule has 0 fully saturated rings. The highest BCUT2D eigenvalue weighted by atomic mass is 28.3. The van der Waals surface area contributed by atoms with Gasteiger partial charge < -0.3 is 14.2 Å². The Hall–Kier alpha value is -7.92. The molecule has 3 aliphatic rings. The maximum atomic E-state index is 6.52. The first-order chi connectivity index (χ1) is 33.5. The number of anilines is 5. The van der Waals surface area contributed by atoms with E-state index in [-0.39, 0.29) is 11.5 Å². The monoisotopic (exact) mass is 892 g/mol. The molecule has 0 spiro atoms. The zero-order valence-electron chi connectivity index (χ0n) is 38.5. The first-order valence-electron chi connectivity index (χ1n) is 23.9. The van der Waals surface area contributed by atoms with Crippen molar-refractivity contribution < 1.29 is 4.42 Å². The molecule has 328 valence electrons. The molecule has 68 heavy (non-hydrogen) atoms. The maximum Gasteiger partial charge on any atom is 0.179 e. The largest absolute Gasteiger partial charge is 0.456 e. The number of para-hydroxylation sites is 2. The van der Waals surface area contributed by atoms with E-state index in [1.807, 2.05) is 0 Å². The van der Waals surface area contributed by atoms with Gasteiger partial charge in [0.2, 0.25) is 0 Å². The van der Waals surface area contributed by atoms with Crippen LogP contribution in [0, 0.1) is 0 Å². The highest BCUT2D eigenvalue weighted by Crippen LogP contribution is 2.51. The summed E-state index contributed by atoms with van der Waals surface area (Å²) < 4.78 is 6.52. The number of nitrogens with zero attached hydrogens (tertiary/aromatic N) is 2. The van der Waals surface area contributed by atoms with E-state index in [0.717, 1.165) is 46.6 Å². The van der Waals surface area contributed by atoms with Gasteiger partial charge in [-0.2, -0.15) is 0 Å². The van der Waals surface area contributed by atoms with Gasteiger partial charge in [0.15, 0.2) is 8.07 Å². The van der Waals surface area contributed by atoms with Crippen LogP contribution in [0.3, 0.4) is 0 Å². The van der Waals surface area contributed by atoms with Crippen molar-refractivity contribution in [2.24, 2.45) is 0 Å². The van der Waals surface area contributed by atoms with Gasteiger partial charge in [-0.15, -0.1) is 0 Å².